The maximum absolute atomic E-state index is 13.9. The molecule has 1 saturated carbocycles. The summed E-state index contributed by atoms with van der Waals surface area (Å²) in [5.74, 6) is 4.42. The monoisotopic (exact) mass is 1600 g/mol. The van der Waals surface area contributed by atoms with Crippen molar-refractivity contribution >= 4 is 96.9 Å². The van der Waals surface area contributed by atoms with Gasteiger partial charge in [-0.3, -0.25) is 34.5 Å². The molecule has 16 rings (SSSR count). The number of ether oxygens (including phenoxy) is 6. The summed E-state index contributed by atoms with van der Waals surface area (Å²) < 4.78 is 34.1. The SMILES string of the molecule is CC[C@H](C)[C@H](NC(=O)OC)C(=O)O.CC[C@H]1C[C@@H](C2=NC=C(c3ccc4c(c3)COc3cc5c6c(ccc5cc3-4)N=C([C@@H]3C[C@H](COC)CN3C(=O)C(C)[C@@H](C)CC)C6)C2)N(C(=O)[C@@H](C)[C@@H](C)CC)C1.CC[C@H]1C[C@@H](C2=NC=C(c3ccc4c(c3)COc3cc5c6c(ccc5cc3-4)N=C([C@H]3CC[C@@H](COC)C3)C6)C2)N(C(=O)OC(C)(C)C)C1. The van der Waals surface area contributed by atoms with Crippen LogP contribution in [0.4, 0.5) is 21.0 Å². The number of nitrogens with one attached hydrogen (secondary N) is 1. The number of methoxy groups -OCH3 is 3. The molecule has 0 spiro atoms. The molecule has 1 aliphatic carbocycles. The number of carbonyl (C=O) groups is 5. The molecule has 0 aromatic heterocycles. The van der Waals surface area contributed by atoms with Crippen LogP contribution in [0.5, 0.6) is 11.5 Å². The third-order valence-electron chi connectivity index (χ3n) is 27.7. The van der Waals surface area contributed by atoms with Crippen molar-refractivity contribution in [3.63, 3.8) is 0 Å². The molecule has 6 aromatic carbocycles. The van der Waals surface area contributed by atoms with Gasteiger partial charge in [0.1, 0.15) is 36.4 Å². The molecule has 1 unspecified atom stereocenters. The summed E-state index contributed by atoms with van der Waals surface area (Å²) in [5, 5.41) is 15.8. The lowest BCUT2D eigenvalue weighted by atomic mass is 9.89. The normalized spacial score (nSPS) is 23.4. The Morgan fingerprint density at radius 1 is 0.525 bits per heavy atom. The summed E-state index contributed by atoms with van der Waals surface area (Å²) in [6.45, 7) is 31.5. The summed E-state index contributed by atoms with van der Waals surface area (Å²) in [6.07, 6.45) is 17.5. The van der Waals surface area contributed by atoms with Crippen LogP contribution in [-0.2, 0) is 59.4 Å². The largest absolute Gasteiger partial charge is 0.488 e. The average molecular weight is 1610 g/mol. The number of rotatable bonds is 22. The van der Waals surface area contributed by atoms with E-state index in [1.54, 1.807) is 14.0 Å². The van der Waals surface area contributed by atoms with Crippen LogP contribution in [0.2, 0.25) is 0 Å². The van der Waals surface area contributed by atoms with Crippen molar-refractivity contribution in [1.29, 1.82) is 0 Å². The van der Waals surface area contributed by atoms with E-state index in [9.17, 15) is 24.0 Å². The minimum Gasteiger partial charge on any atom is -0.488 e. The number of fused-ring (bicyclic) bond motifs is 12. The summed E-state index contributed by atoms with van der Waals surface area (Å²) >= 11 is 0. The number of alkyl carbamates (subject to hydrolysis) is 1. The van der Waals surface area contributed by atoms with Gasteiger partial charge in [0.05, 0.1) is 43.2 Å². The van der Waals surface area contributed by atoms with E-state index in [-0.39, 0.29) is 53.8 Å². The van der Waals surface area contributed by atoms with Gasteiger partial charge >= 0.3 is 18.2 Å². The van der Waals surface area contributed by atoms with Crippen molar-refractivity contribution in [2.75, 3.05) is 54.2 Å². The molecule has 118 heavy (non-hydrogen) atoms. The van der Waals surface area contributed by atoms with E-state index in [1.807, 2.05) is 52.1 Å². The van der Waals surface area contributed by atoms with Crippen LogP contribution in [0.1, 0.15) is 207 Å². The second-order valence-corrected chi connectivity index (χ2v) is 36.3. The minimum absolute atomic E-state index is 0.0100. The zero-order valence-electron chi connectivity index (χ0n) is 72.4. The lowest BCUT2D eigenvalue weighted by molar-refractivity contribution is -0.141. The molecule has 4 amide bonds. The molecule has 628 valence electrons. The van der Waals surface area contributed by atoms with Gasteiger partial charge in [-0.05, 0) is 226 Å². The Balaban J connectivity index is 0.000000170. The van der Waals surface area contributed by atoms with Crippen molar-refractivity contribution in [3.05, 3.63) is 131 Å². The van der Waals surface area contributed by atoms with Gasteiger partial charge in [0.2, 0.25) is 11.8 Å². The average Bonchev–Trinajstić information content (AvgIpc) is 1.40. The highest BCUT2D eigenvalue weighted by Crippen LogP contribution is 2.49. The molecule has 20 nitrogen and oxygen atoms in total. The number of nitrogens with zero attached hydrogens (tertiary/aromatic N) is 7. The van der Waals surface area contributed by atoms with Crippen molar-refractivity contribution in [3.8, 4) is 33.8 Å². The summed E-state index contributed by atoms with van der Waals surface area (Å²) in [4.78, 5) is 88.6. The van der Waals surface area contributed by atoms with Gasteiger partial charge in [0.15, 0.2) is 0 Å². The first kappa shape index (κ1) is 84.9. The first-order chi connectivity index (χ1) is 56.7. The quantitative estimate of drug-likeness (QED) is 0.0646. The highest BCUT2D eigenvalue weighted by Gasteiger charge is 2.45. The second-order valence-electron chi connectivity index (χ2n) is 36.3. The fourth-order valence-corrected chi connectivity index (χ4v) is 19.6. The number of amides is 4. The number of hydrogen-bond acceptors (Lipinski definition) is 15. The van der Waals surface area contributed by atoms with Gasteiger partial charge in [0.25, 0.3) is 0 Å². The van der Waals surface area contributed by atoms with E-state index >= 15 is 0 Å². The number of hydrogen-bond donors (Lipinski definition) is 2. The van der Waals surface area contributed by atoms with Crippen LogP contribution in [0.3, 0.4) is 0 Å². The predicted molar refractivity (Wildman–Crippen MR) is 470 cm³/mol. The van der Waals surface area contributed by atoms with Crippen molar-refractivity contribution in [2.24, 2.45) is 79.1 Å². The first-order valence-electron chi connectivity index (χ1n) is 43.8. The van der Waals surface area contributed by atoms with E-state index in [0.717, 1.165) is 154 Å². The third-order valence-corrected chi connectivity index (χ3v) is 27.7. The van der Waals surface area contributed by atoms with Gasteiger partial charge in [-0.2, -0.15) is 0 Å². The molecular formula is C98H124N8O12. The van der Waals surface area contributed by atoms with E-state index in [0.29, 0.717) is 67.7 Å². The molecule has 6 aromatic rings. The lowest BCUT2D eigenvalue weighted by Crippen LogP contribution is -2.44. The first-order valence-corrected chi connectivity index (χ1v) is 43.8. The van der Waals surface area contributed by atoms with Gasteiger partial charge in [0, 0.05) is 130 Å². The van der Waals surface area contributed by atoms with Gasteiger partial charge in [-0.1, -0.05) is 138 Å². The molecule has 20 heteroatoms. The Bertz CT molecular complexity index is 5030. The lowest BCUT2D eigenvalue weighted by Gasteiger charge is -2.30. The number of carbonyl (C=O) groups excluding carboxylic acids is 4. The topological polar surface area (TPSA) is 232 Å². The zero-order valence-corrected chi connectivity index (χ0v) is 72.4. The van der Waals surface area contributed by atoms with Gasteiger partial charge in [-0.15, -0.1) is 0 Å². The number of aliphatic carboxylic acids is 1. The standard InChI is InChI=1S/C49H62N4O4.C41H47N3O4.C8H15NO4/c1-9-28(4)30(6)48(54)52-24-32(11-3)16-45(52)43-20-36(23-50-43)34-12-14-38-37(18-34)27-57-47-22-39-35(19-41(38)47)13-15-42-40(39)21-44(51-42)46-17-33(26-56-8)25-53(46)49(55)31(7)29(5)10-2;1-6-24-14-38(44(21-24)40(45)48-41(2,3)4)37-17-29(20-42-37)26-9-11-31-30(15-26)23-47-39-19-32-27(16-34(31)39)10-12-35-33(32)18-36(43-35)28-8-7-25(13-28)22-46-5;1-4-5(2)6(7(10)11)9-8(12)13-3/h12-15,18-19,22-23,28-33,45-46H,9-11,16-17,20-21,24-27H2,1-8H3;9-12,15-16,19-20,24-25,28,38H,6-8,13-14,17-18,21-23H2,1-5H3;5-6H,4H2,1-3H3,(H,9,12)(H,10,11)/t28-,29-,30-,31?,32-,33-,45-,46-;24-,25+,28-,38-;5-,6-/m000/s1. The molecule has 9 heterocycles. The summed E-state index contributed by atoms with van der Waals surface area (Å²) in [5.41, 5.74) is 20.6. The van der Waals surface area contributed by atoms with Crippen LogP contribution < -0.4 is 14.8 Å². The molecule has 4 fully saturated rings. The van der Waals surface area contributed by atoms with E-state index in [1.165, 1.54) is 104 Å². The number of likely N-dealkylation sites (tertiary alicyclic amines) is 3. The fraction of sp³-hybridized carbons (Fsp3) is 0.541. The Hall–Kier alpha value is -9.53. The molecule has 14 atom stereocenters. The number of benzene rings is 6. The molecule has 0 bridgehead atoms. The van der Waals surface area contributed by atoms with E-state index in [2.05, 4.69) is 160 Å². The Morgan fingerprint density at radius 3 is 1.47 bits per heavy atom. The Kier molecular flexibility index (Phi) is 26.0. The van der Waals surface area contributed by atoms with Crippen LogP contribution in [0.25, 0.3) is 54.9 Å². The third kappa shape index (κ3) is 17.7. The number of allylic oxidation sites excluding steroid dienone is 2. The highest BCUT2D eigenvalue weighted by atomic mass is 16.6. The highest BCUT2D eigenvalue weighted by molar-refractivity contribution is 6.09. The number of carboxylic acid groups (broad SMARTS) is 1. The number of aliphatic imine (C=N–C) groups is 4. The van der Waals surface area contributed by atoms with Crippen LogP contribution in [-0.4, -0.2) is 157 Å². The van der Waals surface area contributed by atoms with E-state index < -0.39 is 23.7 Å². The summed E-state index contributed by atoms with van der Waals surface area (Å²) in [7, 11) is 4.76. The van der Waals surface area contributed by atoms with Crippen molar-refractivity contribution in [1.82, 2.24) is 20.0 Å². The zero-order chi connectivity index (χ0) is 83.7. The van der Waals surface area contributed by atoms with Crippen molar-refractivity contribution < 1.29 is 57.5 Å². The Morgan fingerprint density at radius 2 is 0.992 bits per heavy atom. The Labute approximate surface area is 697 Å². The van der Waals surface area contributed by atoms with Gasteiger partial charge in [-0.25, -0.2) is 14.4 Å². The van der Waals surface area contributed by atoms with Crippen LogP contribution in [0, 0.1) is 59.2 Å². The van der Waals surface area contributed by atoms with Crippen LogP contribution in [0.15, 0.2) is 117 Å². The van der Waals surface area contributed by atoms with Crippen LogP contribution >= 0.6 is 0 Å². The van der Waals surface area contributed by atoms with E-state index in [4.69, 9.17) is 48.8 Å². The smallest absolute Gasteiger partial charge is 0.410 e. The van der Waals surface area contributed by atoms with Crippen molar-refractivity contribution in [2.45, 2.75) is 229 Å². The summed E-state index contributed by atoms with van der Waals surface area (Å²) in [6, 6.07) is 30.5. The fourth-order valence-electron chi connectivity index (χ4n) is 19.6. The predicted octanol–water partition coefficient (Wildman–Crippen LogP) is 20.2. The molecule has 3 saturated heterocycles. The maximum Gasteiger partial charge on any atom is 0.410 e. The maximum atomic E-state index is 13.9. The molecular weight excluding hydrogens is 1480 g/mol. The minimum atomic E-state index is -1.04. The molecule has 9 aliphatic heterocycles. The second kappa shape index (κ2) is 36.2. The molecule has 2 N–H and O–H groups in total. The molecule has 10 aliphatic rings. The number of carboxylic acids is 1. The molecule has 0 radical (unpaired) electrons. The van der Waals surface area contributed by atoms with Gasteiger partial charge < -0.3 is 48.6 Å².